The molecular formula is C17H28N4O2S2. The number of amides is 1. The minimum Gasteiger partial charge on any atom is -0.376 e. The molecule has 1 aromatic heterocycles. The molecule has 1 aliphatic heterocycles. The molecule has 1 aromatic rings. The van der Waals surface area contributed by atoms with Gasteiger partial charge in [-0.2, -0.15) is 0 Å². The molecule has 3 rings (SSSR count). The number of aromatic nitrogens is 2. The molecule has 2 aliphatic rings. The number of carbonyl (C=O) groups is 1. The van der Waals surface area contributed by atoms with Crippen molar-refractivity contribution >= 4 is 34.1 Å². The molecule has 8 heteroatoms. The first-order valence-corrected chi connectivity index (χ1v) is 11.2. The van der Waals surface area contributed by atoms with E-state index < -0.39 is 0 Å². The van der Waals surface area contributed by atoms with Gasteiger partial charge in [-0.05, 0) is 25.7 Å². The predicted molar refractivity (Wildman–Crippen MR) is 102 cm³/mol. The zero-order valence-corrected chi connectivity index (χ0v) is 16.3. The van der Waals surface area contributed by atoms with E-state index >= 15 is 0 Å². The van der Waals surface area contributed by atoms with Crippen molar-refractivity contribution in [3.05, 3.63) is 0 Å². The number of nitrogens with zero attached hydrogens (tertiary/aromatic N) is 2. The van der Waals surface area contributed by atoms with Crippen molar-refractivity contribution in [1.29, 1.82) is 0 Å². The zero-order chi connectivity index (χ0) is 17.3. The van der Waals surface area contributed by atoms with E-state index in [1.54, 1.807) is 0 Å². The Balaban J connectivity index is 1.35. The van der Waals surface area contributed by atoms with Crippen molar-refractivity contribution < 1.29 is 9.53 Å². The van der Waals surface area contributed by atoms with E-state index in [9.17, 15) is 4.79 Å². The third-order valence-electron chi connectivity index (χ3n) is 4.71. The zero-order valence-electron chi connectivity index (χ0n) is 14.7. The average Bonchev–Trinajstić information content (AvgIpc) is 3.25. The Morgan fingerprint density at radius 3 is 2.68 bits per heavy atom. The lowest BCUT2D eigenvalue weighted by Crippen LogP contribution is -2.36. The first kappa shape index (κ1) is 18.9. The monoisotopic (exact) mass is 384 g/mol. The molecule has 0 bridgehead atoms. The minimum absolute atomic E-state index is 0.111. The second-order valence-electron chi connectivity index (χ2n) is 6.79. The van der Waals surface area contributed by atoms with Gasteiger partial charge in [0.2, 0.25) is 11.0 Å². The van der Waals surface area contributed by atoms with Crippen LogP contribution in [0, 0.1) is 0 Å². The standard InChI is InChI=1S/C17H28N4O2S2/c22-15(19-13-7-4-2-1-3-5-8-13)12-24-17-21-20-16(25-17)18-11-14-9-6-10-23-14/h13-14H,1-12H2,(H,18,20)(H,19,22). The van der Waals surface area contributed by atoms with Gasteiger partial charge in [-0.3, -0.25) is 4.79 Å². The van der Waals surface area contributed by atoms with Gasteiger partial charge in [0.15, 0.2) is 4.34 Å². The van der Waals surface area contributed by atoms with Crippen molar-refractivity contribution in [2.24, 2.45) is 0 Å². The Bertz CT molecular complexity index is 526. The maximum absolute atomic E-state index is 12.2. The molecule has 0 spiro atoms. The van der Waals surface area contributed by atoms with E-state index in [-0.39, 0.29) is 12.0 Å². The fourth-order valence-electron chi connectivity index (χ4n) is 3.34. The van der Waals surface area contributed by atoms with Gasteiger partial charge in [0.05, 0.1) is 11.9 Å². The molecule has 1 atom stereocenters. The van der Waals surface area contributed by atoms with Gasteiger partial charge >= 0.3 is 0 Å². The maximum atomic E-state index is 12.2. The van der Waals surface area contributed by atoms with Gasteiger partial charge < -0.3 is 15.4 Å². The van der Waals surface area contributed by atoms with Gasteiger partial charge in [0.25, 0.3) is 0 Å². The lowest BCUT2D eigenvalue weighted by molar-refractivity contribution is -0.119. The average molecular weight is 385 g/mol. The Morgan fingerprint density at radius 1 is 1.12 bits per heavy atom. The van der Waals surface area contributed by atoms with Crippen LogP contribution in [0.1, 0.15) is 57.8 Å². The number of anilines is 1. The van der Waals surface area contributed by atoms with Gasteiger partial charge in [-0.1, -0.05) is 55.2 Å². The molecule has 0 radical (unpaired) electrons. The van der Waals surface area contributed by atoms with Gasteiger partial charge in [-0.15, -0.1) is 10.2 Å². The first-order chi connectivity index (χ1) is 12.3. The number of ether oxygens (including phenoxy) is 1. The van der Waals surface area contributed by atoms with Crippen LogP contribution in [-0.2, 0) is 9.53 Å². The van der Waals surface area contributed by atoms with E-state index in [0.717, 1.165) is 48.3 Å². The molecule has 1 saturated heterocycles. The van der Waals surface area contributed by atoms with Crippen molar-refractivity contribution in [2.75, 3.05) is 24.2 Å². The van der Waals surface area contributed by atoms with E-state index in [4.69, 9.17) is 4.74 Å². The summed E-state index contributed by atoms with van der Waals surface area (Å²) in [6, 6.07) is 0.353. The number of thioether (sulfide) groups is 1. The highest BCUT2D eigenvalue weighted by Crippen LogP contribution is 2.26. The molecule has 1 saturated carbocycles. The summed E-state index contributed by atoms with van der Waals surface area (Å²) in [4.78, 5) is 12.2. The Morgan fingerprint density at radius 2 is 1.92 bits per heavy atom. The molecule has 6 nitrogen and oxygen atoms in total. The van der Waals surface area contributed by atoms with Crippen LogP contribution in [-0.4, -0.2) is 47.2 Å². The minimum atomic E-state index is 0.111. The summed E-state index contributed by atoms with van der Waals surface area (Å²) in [6.45, 7) is 1.64. The summed E-state index contributed by atoms with van der Waals surface area (Å²) in [6.07, 6.45) is 11.2. The van der Waals surface area contributed by atoms with Crippen LogP contribution in [0.15, 0.2) is 4.34 Å². The summed E-state index contributed by atoms with van der Waals surface area (Å²) in [5.41, 5.74) is 0. The molecule has 0 aromatic carbocycles. The van der Waals surface area contributed by atoms with Gasteiger partial charge in [-0.25, -0.2) is 0 Å². The normalized spacial score (nSPS) is 22.3. The lowest BCUT2D eigenvalue weighted by atomic mass is 9.97. The number of carbonyl (C=O) groups excluding carboxylic acids is 1. The molecule has 2 N–H and O–H groups in total. The molecule has 25 heavy (non-hydrogen) atoms. The van der Waals surface area contributed by atoms with Gasteiger partial charge in [0, 0.05) is 19.2 Å². The summed E-state index contributed by atoms with van der Waals surface area (Å²) >= 11 is 2.97. The smallest absolute Gasteiger partial charge is 0.230 e. The Labute approximate surface area is 157 Å². The van der Waals surface area contributed by atoms with Crippen LogP contribution in [0.2, 0.25) is 0 Å². The van der Waals surface area contributed by atoms with Gasteiger partial charge in [0.1, 0.15) is 0 Å². The molecule has 1 amide bonds. The van der Waals surface area contributed by atoms with Crippen LogP contribution in [0.3, 0.4) is 0 Å². The highest BCUT2D eigenvalue weighted by molar-refractivity contribution is 8.01. The first-order valence-electron chi connectivity index (χ1n) is 9.41. The Hall–Kier alpha value is -0.860. The summed E-state index contributed by atoms with van der Waals surface area (Å²) < 4.78 is 6.42. The third-order valence-corrected chi connectivity index (χ3v) is 6.72. The van der Waals surface area contributed by atoms with Crippen LogP contribution >= 0.6 is 23.1 Å². The molecule has 1 unspecified atom stereocenters. The number of hydrogen-bond donors (Lipinski definition) is 2. The molecule has 2 heterocycles. The van der Waals surface area contributed by atoms with Crippen LogP contribution in [0.5, 0.6) is 0 Å². The summed E-state index contributed by atoms with van der Waals surface area (Å²) in [7, 11) is 0. The highest BCUT2D eigenvalue weighted by Gasteiger charge is 2.17. The molecule has 1 aliphatic carbocycles. The predicted octanol–water partition coefficient (Wildman–Crippen LogP) is 3.45. The van der Waals surface area contributed by atoms with E-state index in [0.29, 0.717) is 11.8 Å². The molecule has 140 valence electrons. The number of nitrogens with one attached hydrogen (secondary N) is 2. The largest absolute Gasteiger partial charge is 0.376 e. The second kappa shape index (κ2) is 10.3. The van der Waals surface area contributed by atoms with Crippen LogP contribution in [0.4, 0.5) is 5.13 Å². The van der Waals surface area contributed by atoms with Crippen molar-refractivity contribution in [1.82, 2.24) is 15.5 Å². The fraction of sp³-hybridized carbons (Fsp3) is 0.824. The topological polar surface area (TPSA) is 76.1 Å². The van der Waals surface area contributed by atoms with E-state index in [1.807, 2.05) is 0 Å². The second-order valence-corrected chi connectivity index (χ2v) is 8.99. The lowest BCUT2D eigenvalue weighted by Gasteiger charge is -2.20. The van der Waals surface area contributed by atoms with Crippen LogP contribution in [0.25, 0.3) is 0 Å². The fourth-order valence-corrected chi connectivity index (χ4v) is 4.91. The van der Waals surface area contributed by atoms with Crippen molar-refractivity contribution in [2.45, 2.75) is 74.3 Å². The third kappa shape index (κ3) is 6.75. The number of rotatable bonds is 7. The van der Waals surface area contributed by atoms with Crippen LogP contribution < -0.4 is 10.6 Å². The summed E-state index contributed by atoms with van der Waals surface area (Å²) in [5.74, 6) is 0.524. The molecule has 2 fully saturated rings. The quantitative estimate of drug-likeness (QED) is 0.701. The van der Waals surface area contributed by atoms with E-state index in [2.05, 4.69) is 20.8 Å². The van der Waals surface area contributed by atoms with Crippen molar-refractivity contribution in [3.8, 4) is 0 Å². The number of hydrogen-bond acceptors (Lipinski definition) is 7. The van der Waals surface area contributed by atoms with E-state index in [1.165, 1.54) is 55.2 Å². The maximum Gasteiger partial charge on any atom is 0.230 e. The summed E-state index contributed by atoms with van der Waals surface area (Å²) in [5, 5.41) is 15.6. The highest BCUT2D eigenvalue weighted by atomic mass is 32.2. The SMILES string of the molecule is O=C(CSc1nnc(NCC2CCCO2)s1)NC1CCCCCCC1. The Kier molecular flexibility index (Phi) is 7.81. The molecular weight excluding hydrogens is 356 g/mol. The van der Waals surface area contributed by atoms with Crippen molar-refractivity contribution in [3.63, 3.8) is 0 Å².